The van der Waals surface area contributed by atoms with Gasteiger partial charge in [-0.15, -0.1) is 0 Å². The number of hydrogen-bond acceptors (Lipinski definition) is 5. The Morgan fingerprint density at radius 1 is 1.41 bits per heavy atom. The summed E-state index contributed by atoms with van der Waals surface area (Å²) in [7, 11) is 0. The third-order valence-electron chi connectivity index (χ3n) is 2.01. The zero-order valence-electron chi connectivity index (χ0n) is 9.73. The van der Waals surface area contributed by atoms with Gasteiger partial charge in [0.15, 0.2) is 5.91 Å². The molecule has 17 heavy (non-hydrogen) atoms. The average Bonchev–Trinajstić information content (AvgIpc) is 2.25. The summed E-state index contributed by atoms with van der Waals surface area (Å²) in [6.45, 7) is 4.94. The fraction of sp³-hybridized carbons (Fsp3) is 0.600. The van der Waals surface area contributed by atoms with Crippen LogP contribution in [0.4, 0.5) is 0 Å². The summed E-state index contributed by atoms with van der Waals surface area (Å²) < 4.78 is 0. The van der Waals surface area contributed by atoms with E-state index in [-0.39, 0.29) is 33.5 Å². The molecule has 2 amide bonds. The van der Waals surface area contributed by atoms with Crippen LogP contribution in [0.5, 0.6) is 0 Å². The molecule has 0 aromatic rings. The molecule has 0 aromatic heterocycles. The smallest absolute Gasteiger partial charge is 0.254 e. The summed E-state index contributed by atoms with van der Waals surface area (Å²) in [5.74, 6) is 2.96. The van der Waals surface area contributed by atoms with Gasteiger partial charge in [-0.05, 0) is 0 Å². The summed E-state index contributed by atoms with van der Waals surface area (Å²) in [6, 6.07) is 0. The van der Waals surface area contributed by atoms with Crippen LogP contribution in [0.15, 0.2) is 0 Å². The largest absolute Gasteiger partial charge is 0.331 e. The number of hydrogen-bond donors (Lipinski definition) is 2. The summed E-state index contributed by atoms with van der Waals surface area (Å²) in [5, 5.41) is 2.07. The van der Waals surface area contributed by atoms with Gasteiger partial charge in [-0.25, -0.2) is 5.90 Å². The number of nitrogens with two attached hydrogens (primary N) is 1. The van der Waals surface area contributed by atoms with Crippen molar-refractivity contribution in [3.63, 3.8) is 0 Å². The minimum Gasteiger partial charge on any atom is -0.331 e. The van der Waals surface area contributed by atoms with Gasteiger partial charge in [-0.1, -0.05) is 19.3 Å². The molecule has 0 heterocycles. The molecular formula is C10H17N2O4W-. The van der Waals surface area contributed by atoms with Gasteiger partial charge in [0.1, 0.15) is 12.4 Å². The van der Waals surface area contributed by atoms with Gasteiger partial charge in [-0.2, -0.15) is 0 Å². The molecule has 0 bridgehead atoms. The van der Waals surface area contributed by atoms with E-state index in [1.54, 1.807) is 6.92 Å². The van der Waals surface area contributed by atoms with Gasteiger partial charge in [0, 0.05) is 33.9 Å². The second kappa shape index (κ2) is 10.6. The quantitative estimate of drug-likeness (QED) is 0.443. The van der Waals surface area contributed by atoms with Crippen molar-refractivity contribution in [1.82, 2.24) is 5.32 Å². The molecule has 0 aliphatic rings. The van der Waals surface area contributed by atoms with Crippen LogP contribution in [0.25, 0.3) is 0 Å². The van der Waals surface area contributed by atoms with Crippen molar-refractivity contribution in [2.75, 3.05) is 6.61 Å². The van der Waals surface area contributed by atoms with E-state index in [2.05, 4.69) is 23.0 Å². The fourth-order valence-electron chi connectivity index (χ4n) is 0.994. The van der Waals surface area contributed by atoms with E-state index in [1.807, 2.05) is 0 Å². The van der Waals surface area contributed by atoms with Crippen molar-refractivity contribution in [2.45, 2.75) is 26.2 Å². The number of Topliss-reactive ketones (excluding diaryl/α,β-unsaturated/α-hetero) is 1. The maximum absolute atomic E-state index is 11.3. The zero-order valence-corrected chi connectivity index (χ0v) is 12.7. The monoisotopic (exact) mass is 413 g/mol. The Hall–Kier alpha value is -0.582. The molecular weight excluding hydrogens is 396 g/mol. The maximum atomic E-state index is 11.3. The third kappa shape index (κ3) is 9.15. The van der Waals surface area contributed by atoms with Crippen molar-refractivity contribution < 1.29 is 40.3 Å². The third-order valence-corrected chi connectivity index (χ3v) is 2.01. The Morgan fingerprint density at radius 2 is 2.00 bits per heavy atom. The molecule has 0 radical (unpaired) electrons. The number of carbonyl (C=O) groups is 3. The molecule has 0 rings (SSSR count). The second-order valence-electron chi connectivity index (χ2n) is 3.35. The van der Waals surface area contributed by atoms with Gasteiger partial charge in [0.25, 0.3) is 5.91 Å². The molecule has 0 aliphatic heterocycles. The molecule has 0 fully saturated rings. The van der Waals surface area contributed by atoms with E-state index in [9.17, 15) is 14.4 Å². The molecule has 0 aliphatic carbocycles. The number of amides is 2. The van der Waals surface area contributed by atoms with E-state index < -0.39 is 17.7 Å². The normalized spacial score (nSPS) is 11.2. The zero-order chi connectivity index (χ0) is 12.6. The fourth-order valence-corrected chi connectivity index (χ4v) is 0.994. The summed E-state index contributed by atoms with van der Waals surface area (Å²) in [4.78, 5) is 37.3. The van der Waals surface area contributed by atoms with Crippen molar-refractivity contribution in [1.29, 1.82) is 0 Å². The van der Waals surface area contributed by atoms with Gasteiger partial charge in [0.2, 0.25) is 0 Å². The van der Waals surface area contributed by atoms with Gasteiger partial charge in [-0.3, -0.25) is 24.5 Å². The summed E-state index contributed by atoms with van der Waals surface area (Å²) in [6.07, 6.45) is 1.06. The van der Waals surface area contributed by atoms with E-state index in [0.29, 0.717) is 19.3 Å². The van der Waals surface area contributed by atoms with E-state index in [0.717, 1.165) is 0 Å². The first-order chi connectivity index (χ1) is 7.51. The number of imide groups is 1. The van der Waals surface area contributed by atoms with E-state index in [1.165, 1.54) is 0 Å². The van der Waals surface area contributed by atoms with Crippen molar-refractivity contribution in [3.05, 3.63) is 6.92 Å². The first-order valence-corrected chi connectivity index (χ1v) is 5.01. The minimum absolute atomic E-state index is 0. The van der Waals surface area contributed by atoms with Crippen LogP contribution in [0.2, 0.25) is 0 Å². The van der Waals surface area contributed by atoms with E-state index >= 15 is 0 Å². The molecule has 6 nitrogen and oxygen atoms in total. The average molecular weight is 413 g/mol. The van der Waals surface area contributed by atoms with Crippen LogP contribution in [-0.2, 0) is 40.3 Å². The number of ketones is 1. The first-order valence-electron chi connectivity index (χ1n) is 5.01. The summed E-state index contributed by atoms with van der Waals surface area (Å²) in [5.41, 5.74) is 0. The first kappa shape index (κ1) is 18.8. The van der Waals surface area contributed by atoms with Crippen LogP contribution < -0.4 is 11.2 Å². The predicted octanol–water partition coefficient (Wildman–Crippen LogP) is -0.273. The molecule has 3 N–H and O–H groups in total. The van der Waals surface area contributed by atoms with Crippen LogP contribution in [0.1, 0.15) is 26.2 Å². The van der Waals surface area contributed by atoms with Gasteiger partial charge < -0.3 is 6.92 Å². The van der Waals surface area contributed by atoms with Crippen molar-refractivity contribution in [2.24, 2.45) is 11.8 Å². The molecule has 0 saturated carbocycles. The standard InChI is InChI=1S/C10H17N2O4.W/c1-3-8(13)5-4-7(2)10(15)12-9(14)6-16-11;/h7H,2-6,11H2,1H3,(H,12,14,15);/q-1;. The van der Waals surface area contributed by atoms with Crippen molar-refractivity contribution >= 4 is 17.6 Å². The Labute approximate surface area is 115 Å². The topological polar surface area (TPSA) is 98.5 Å². The maximum Gasteiger partial charge on any atom is 0.254 e. The molecule has 1 unspecified atom stereocenters. The molecule has 1 atom stereocenters. The second-order valence-corrected chi connectivity index (χ2v) is 3.35. The van der Waals surface area contributed by atoms with Crippen LogP contribution in [0.3, 0.4) is 0 Å². The number of rotatable bonds is 7. The van der Waals surface area contributed by atoms with Gasteiger partial charge in [0.05, 0.1) is 0 Å². The minimum atomic E-state index is -0.628. The SMILES string of the molecule is [CH2-]C(CCC(=O)CC)C(=O)NC(=O)CON.[W]. The Balaban J connectivity index is 0. The molecule has 98 valence electrons. The Kier molecular flexibility index (Phi) is 11.7. The molecule has 0 spiro atoms. The van der Waals surface area contributed by atoms with Crippen LogP contribution >= 0.6 is 0 Å². The van der Waals surface area contributed by atoms with Crippen molar-refractivity contribution in [3.8, 4) is 0 Å². The predicted molar refractivity (Wildman–Crippen MR) is 56.7 cm³/mol. The van der Waals surface area contributed by atoms with E-state index in [4.69, 9.17) is 0 Å². The van der Waals surface area contributed by atoms with Crippen LogP contribution in [-0.4, -0.2) is 24.2 Å². The number of nitrogens with one attached hydrogen (secondary N) is 1. The Bertz CT molecular complexity index is 271. The summed E-state index contributed by atoms with van der Waals surface area (Å²) >= 11 is 0. The Morgan fingerprint density at radius 3 is 2.47 bits per heavy atom. The number of carbonyl (C=O) groups excluding carboxylic acids is 3. The van der Waals surface area contributed by atoms with Gasteiger partial charge >= 0.3 is 0 Å². The van der Waals surface area contributed by atoms with Crippen LogP contribution in [0, 0.1) is 12.8 Å². The molecule has 0 saturated heterocycles. The molecule has 0 aromatic carbocycles. The molecule has 7 heteroatoms.